The molecule has 1 rings (SSSR count). The van der Waals surface area contributed by atoms with Crippen LogP contribution < -0.4 is 4.72 Å². The van der Waals surface area contributed by atoms with Gasteiger partial charge in [0.25, 0.3) is 0 Å². The van der Waals surface area contributed by atoms with Gasteiger partial charge in [0.1, 0.15) is 0 Å². The summed E-state index contributed by atoms with van der Waals surface area (Å²) >= 11 is 0. The molecule has 3 nitrogen and oxygen atoms in total. The van der Waals surface area contributed by atoms with E-state index in [1.807, 2.05) is 0 Å². The van der Waals surface area contributed by atoms with Crippen molar-refractivity contribution in [2.24, 2.45) is 5.92 Å². The highest BCUT2D eigenvalue weighted by atomic mass is 32.2. The van der Waals surface area contributed by atoms with E-state index in [4.69, 9.17) is 0 Å². The first-order chi connectivity index (χ1) is 5.93. The van der Waals surface area contributed by atoms with Crippen LogP contribution in [0, 0.1) is 5.92 Å². The Kier molecular flexibility index (Phi) is 3.35. The number of sulfonamides is 1. The maximum Gasteiger partial charge on any atom is 0.214 e. The molecule has 0 bridgehead atoms. The Balaban J connectivity index is 2.58. The maximum atomic E-state index is 11.5. The van der Waals surface area contributed by atoms with Crippen molar-refractivity contribution in [3.05, 3.63) is 0 Å². The topological polar surface area (TPSA) is 46.2 Å². The number of nitrogens with one attached hydrogen (secondary N) is 1. The molecule has 1 aliphatic rings. The summed E-state index contributed by atoms with van der Waals surface area (Å²) < 4.78 is 25.8. The second kappa shape index (κ2) is 3.96. The Morgan fingerprint density at radius 1 is 1.31 bits per heavy atom. The molecule has 1 fully saturated rings. The van der Waals surface area contributed by atoms with Gasteiger partial charge >= 0.3 is 0 Å². The molecule has 0 aromatic heterocycles. The average molecular weight is 205 g/mol. The minimum absolute atomic E-state index is 0.174. The highest BCUT2D eigenvalue weighted by Crippen LogP contribution is 2.25. The van der Waals surface area contributed by atoms with Gasteiger partial charge in [0.15, 0.2) is 0 Å². The van der Waals surface area contributed by atoms with Crippen LogP contribution in [0.25, 0.3) is 0 Å². The number of hydrogen-bond donors (Lipinski definition) is 1. The minimum Gasteiger partial charge on any atom is -0.212 e. The second-order valence-corrected chi connectivity index (χ2v) is 6.49. The first-order valence-corrected chi connectivity index (χ1v) is 6.49. The minimum atomic E-state index is -3.06. The standard InChI is InChI=1S/C9H19NO2S/c1-7(2)13(11,12)10-9-6-4-5-8(9)3/h7-10H,4-6H2,1-3H3. The van der Waals surface area contributed by atoms with Gasteiger partial charge in [-0.2, -0.15) is 0 Å². The van der Waals surface area contributed by atoms with Crippen molar-refractivity contribution in [2.45, 2.75) is 51.3 Å². The van der Waals surface area contributed by atoms with Gasteiger partial charge in [-0.25, -0.2) is 13.1 Å². The normalized spacial score (nSPS) is 29.8. The van der Waals surface area contributed by atoms with Crippen LogP contribution >= 0.6 is 0 Å². The summed E-state index contributed by atoms with van der Waals surface area (Å²) in [7, 11) is -3.06. The maximum absolute atomic E-state index is 11.5. The van der Waals surface area contributed by atoms with E-state index in [0.717, 1.165) is 19.3 Å². The first kappa shape index (κ1) is 11.0. The highest BCUT2D eigenvalue weighted by Gasteiger charge is 2.28. The van der Waals surface area contributed by atoms with Crippen LogP contribution in [0.3, 0.4) is 0 Å². The Bertz CT molecular complexity index is 259. The van der Waals surface area contributed by atoms with Crippen molar-refractivity contribution in [1.82, 2.24) is 4.72 Å². The second-order valence-electron chi connectivity index (χ2n) is 4.23. The molecule has 0 saturated heterocycles. The first-order valence-electron chi connectivity index (χ1n) is 4.94. The lowest BCUT2D eigenvalue weighted by atomic mass is 10.1. The smallest absolute Gasteiger partial charge is 0.212 e. The molecule has 1 aliphatic carbocycles. The van der Waals surface area contributed by atoms with E-state index in [9.17, 15) is 8.42 Å². The molecule has 0 heterocycles. The molecule has 13 heavy (non-hydrogen) atoms. The summed E-state index contributed by atoms with van der Waals surface area (Å²) in [6.45, 7) is 5.53. The van der Waals surface area contributed by atoms with Crippen LogP contribution in [0.2, 0.25) is 0 Å². The van der Waals surface area contributed by atoms with Crippen molar-refractivity contribution >= 4 is 10.0 Å². The molecule has 78 valence electrons. The quantitative estimate of drug-likeness (QED) is 0.759. The van der Waals surface area contributed by atoms with E-state index in [0.29, 0.717) is 5.92 Å². The van der Waals surface area contributed by atoms with Gasteiger partial charge in [-0.05, 0) is 32.6 Å². The molecule has 0 aromatic rings. The third-order valence-electron chi connectivity index (χ3n) is 2.80. The van der Waals surface area contributed by atoms with Crippen molar-refractivity contribution in [2.75, 3.05) is 0 Å². The van der Waals surface area contributed by atoms with E-state index in [1.54, 1.807) is 13.8 Å². The zero-order valence-electron chi connectivity index (χ0n) is 8.58. The third-order valence-corrected chi connectivity index (χ3v) is 4.67. The van der Waals surface area contributed by atoms with Gasteiger partial charge in [0, 0.05) is 6.04 Å². The lowest BCUT2D eigenvalue weighted by Crippen LogP contribution is -2.40. The van der Waals surface area contributed by atoms with Gasteiger partial charge in [-0.1, -0.05) is 13.3 Å². The Hall–Kier alpha value is -0.0900. The summed E-state index contributed by atoms with van der Waals surface area (Å²) in [5.74, 6) is 0.494. The lowest BCUT2D eigenvalue weighted by Gasteiger charge is -2.18. The molecule has 1 saturated carbocycles. The fourth-order valence-corrected chi connectivity index (χ4v) is 2.71. The molecular weight excluding hydrogens is 186 g/mol. The Morgan fingerprint density at radius 2 is 1.92 bits per heavy atom. The summed E-state index contributed by atoms with van der Waals surface area (Å²) in [6, 6.07) is 0.174. The van der Waals surface area contributed by atoms with Gasteiger partial charge in [-0.15, -0.1) is 0 Å². The van der Waals surface area contributed by atoms with Crippen LogP contribution in [0.4, 0.5) is 0 Å². The van der Waals surface area contributed by atoms with Gasteiger partial charge in [0.2, 0.25) is 10.0 Å². The van der Waals surface area contributed by atoms with Crippen LogP contribution in [-0.4, -0.2) is 19.7 Å². The molecular formula is C9H19NO2S. The van der Waals surface area contributed by atoms with Crippen LogP contribution in [0.15, 0.2) is 0 Å². The SMILES string of the molecule is CC1CCCC1NS(=O)(=O)C(C)C. The molecule has 1 N–H and O–H groups in total. The van der Waals surface area contributed by atoms with Crippen LogP contribution in [-0.2, 0) is 10.0 Å². The van der Waals surface area contributed by atoms with Gasteiger partial charge < -0.3 is 0 Å². The fourth-order valence-electron chi connectivity index (χ4n) is 1.67. The van der Waals surface area contributed by atoms with E-state index < -0.39 is 10.0 Å². The number of rotatable bonds is 3. The van der Waals surface area contributed by atoms with Gasteiger partial charge in [-0.3, -0.25) is 0 Å². The Morgan fingerprint density at radius 3 is 2.31 bits per heavy atom. The van der Waals surface area contributed by atoms with Crippen molar-refractivity contribution in [3.63, 3.8) is 0 Å². The zero-order chi connectivity index (χ0) is 10.1. The molecule has 0 spiro atoms. The molecule has 2 unspecified atom stereocenters. The summed E-state index contributed by atoms with van der Waals surface area (Å²) in [6.07, 6.45) is 3.28. The third kappa shape index (κ3) is 2.68. The fraction of sp³-hybridized carbons (Fsp3) is 1.00. The van der Waals surface area contributed by atoms with Crippen molar-refractivity contribution < 1.29 is 8.42 Å². The predicted molar refractivity (Wildman–Crippen MR) is 54.0 cm³/mol. The Labute approximate surface area is 81.0 Å². The molecule has 4 heteroatoms. The van der Waals surface area contributed by atoms with E-state index in [2.05, 4.69) is 11.6 Å². The van der Waals surface area contributed by atoms with E-state index in [1.165, 1.54) is 0 Å². The van der Waals surface area contributed by atoms with Crippen molar-refractivity contribution in [1.29, 1.82) is 0 Å². The highest BCUT2D eigenvalue weighted by molar-refractivity contribution is 7.90. The molecule has 0 radical (unpaired) electrons. The molecule has 2 atom stereocenters. The van der Waals surface area contributed by atoms with E-state index in [-0.39, 0.29) is 11.3 Å². The largest absolute Gasteiger partial charge is 0.214 e. The van der Waals surface area contributed by atoms with E-state index >= 15 is 0 Å². The molecule has 0 aliphatic heterocycles. The predicted octanol–water partition coefficient (Wildman–Crippen LogP) is 1.50. The summed E-state index contributed by atoms with van der Waals surface area (Å²) in [5.41, 5.74) is 0. The zero-order valence-corrected chi connectivity index (χ0v) is 9.39. The van der Waals surface area contributed by atoms with Crippen LogP contribution in [0.5, 0.6) is 0 Å². The monoisotopic (exact) mass is 205 g/mol. The van der Waals surface area contributed by atoms with Gasteiger partial charge in [0.05, 0.1) is 5.25 Å². The summed E-state index contributed by atoms with van der Waals surface area (Å²) in [4.78, 5) is 0. The average Bonchev–Trinajstić information content (AvgIpc) is 2.35. The molecule has 0 aromatic carbocycles. The van der Waals surface area contributed by atoms with Crippen LogP contribution in [0.1, 0.15) is 40.0 Å². The number of hydrogen-bond acceptors (Lipinski definition) is 2. The molecule has 0 amide bonds. The lowest BCUT2D eigenvalue weighted by molar-refractivity contribution is 0.473. The summed E-state index contributed by atoms with van der Waals surface area (Å²) in [5, 5.41) is -0.319. The van der Waals surface area contributed by atoms with Crippen molar-refractivity contribution in [3.8, 4) is 0 Å².